The number of pyridine rings is 1. The van der Waals surface area contributed by atoms with Gasteiger partial charge in [-0.25, -0.2) is 4.79 Å². The van der Waals surface area contributed by atoms with Crippen LogP contribution in [-0.4, -0.2) is 29.3 Å². The lowest BCUT2D eigenvalue weighted by Crippen LogP contribution is -2.46. The van der Waals surface area contributed by atoms with Crippen LogP contribution >= 0.6 is 0 Å². The van der Waals surface area contributed by atoms with Crippen LogP contribution in [0, 0.1) is 5.92 Å². The van der Waals surface area contributed by atoms with Gasteiger partial charge in [0.1, 0.15) is 5.60 Å². The van der Waals surface area contributed by atoms with Crippen molar-refractivity contribution >= 4 is 6.09 Å². The molecule has 0 aromatic carbocycles. The van der Waals surface area contributed by atoms with Gasteiger partial charge in [0.25, 0.3) is 0 Å². The highest BCUT2D eigenvalue weighted by atomic mass is 16.6. The molecule has 5 nitrogen and oxygen atoms in total. The summed E-state index contributed by atoms with van der Waals surface area (Å²) in [4.78, 5) is 16.0. The van der Waals surface area contributed by atoms with Crippen molar-refractivity contribution < 1.29 is 9.53 Å². The van der Waals surface area contributed by atoms with E-state index < -0.39 is 5.60 Å². The molecular formula is C17H27N3O2. The minimum absolute atomic E-state index is 0.124. The molecule has 2 unspecified atom stereocenters. The van der Waals surface area contributed by atoms with Crippen LogP contribution < -0.4 is 10.6 Å². The number of rotatable bonds is 6. The van der Waals surface area contributed by atoms with E-state index in [4.69, 9.17) is 4.74 Å². The van der Waals surface area contributed by atoms with Gasteiger partial charge < -0.3 is 15.4 Å². The Morgan fingerprint density at radius 1 is 1.36 bits per heavy atom. The average Bonchev–Trinajstić information content (AvgIpc) is 3.26. The van der Waals surface area contributed by atoms with Crippen LogP contribution in [0.2, 0.25) is 0 Å². The number of nitrogens with one attached hydrogen (secondary N) is 2. The molecule has 0 saturated heterocycles. The molecule has 1 aliphatic rings. The second-order valence-corrected chi connectivity index (χ2v) is 7.00. The van der Waals surface area contributed by atoms with Crippen molar-refractivity contribution in [1.82, 2.24) is 15.6 Å². The van der Waals surface area contributed by atoms with E-state index in [2.05, 4.69) is 22.5 Å². The summed E-state index contributed by atoms with van der Waals surface area (Å²) in [6.45, 7) is 8.49. The molecule has 22 heavy (non-hydrogen) atoms. The lowest BCUT2D eigenvalue weighted by Gasteiger charge is -2.25. The first-order chi connectivity index (χ1) is 10.3. The lowest BCUT2D eigenvalue weighted by molar-refractivity contribution is 0.0497. The van der Waals surface area contributed by atoms with E-state index in [1.54, 1.807) is 12.4 Å². The van der Waals surface area contributed by atoms with Gasteiger partial charge in [0.2, 0.25) is 0 Å². The van der Waals surface area contributed by atoms with Crippen molar-refractivity contribution in [2.75, 3.05) is 6.54 Å². The van der Waals surface area contributed by atoms with Gasteiger partial charge in [0.15, 0.2) is 0 Å². The quantitative estimate of drug-likeness (QED) is 0.848. The van der Waals surface area contributed by atoms with Gasteiger partial charge >= 0.3 is 6.09 Å². The van der Waals surface area contributed by atoms with E-state index in [1.165, 1.54) is 18.4 Å². The average molecular weight is 305 g/mol. The highest BCUT2D eigenvalue weighted by molar-refractivity contribution is 5.68. The van der Waals surface area contributed by atoms with Crippen LogP contribution in [-0.2, 0) is 4.74 Å². The largest absolute Gasteiger partial charge is 0.444 e. The molecule has 1 saturated carbocycles. The van der Waals surface area contributed by atoms with Crippen LogP contribution in [0.1, 0.15) is 52.1 Å². The Balaban J connectivity index is 1.83. The molecule has 1 aromatic heterocycles. The zero-order chi connectivity index (χ0) is 16.2. The zero-order valence-corrected chi connectivity index (χ0v) is 13.9. The van der Waals surface area contributed by atoms with Crippen molar-refractivity contribution in [1.29, 1.82) is 0 Å². The van der Waals surface area contributed by atoms with E-state index >= 15 is 0 Å². The van der Waals surface area contributed by atoms with Gasteiger partial charge in [0.05, 0.1) is 0 Å². The van der Waals surface area contributed by atoms with Gasteiger partial charge in [-0.2, -0.15) is 0 Å². The number of aromatic nitrogens is 1. The second-order valence-electron chi connectivity index (χ2n) is 7.00. The molecule has 1 amide bonds. The SMILES string of the molecule is CC(NCC(NC(=O)OC(C)(C)C)C1CC1)c1ccncc1. The van der Waals surface area contributed by atoms with E-state index in [-0.39, 0.29) is 18.2 Å². The second kappa shape index (κ2) is 7.09. The standard InChI is InChI=1S/C17H27N3O2/c1-12(13-7-9-18-10-8-13)19-11-15(14-5-6-14)20-16(21)22-17(2,3)4/h7-10,12,14-15,19H,5-6,11H2,1-4H3,(H,20,21). The predicted molar refractivity (Wildman–Crippen MR) is 86.5 cm³/mol. The Morgan fingerprint density at radius 2 is 2.00 bits per heavy atom. The molecule has 0 spiro atoms. The molecule has 5 heteroatoms. The number of carbonyl (C=O) groups excluding carboxylic acids is 1. The summed E-state index contributed by atoms with van der Waals surface area (Å²) in [5.41, 5.74) is 0.734. The molecule has 0 bridgehead atoms. The fourth-order valence-electron chi connectivity index (χ4n) is 2.37. The first-order valence-electron chi connectivity index (χ1n) is 7.98. The maximum absolute atomic E-state index is 11.9. The lowest BCUT2D eigenvalue weighted by atomic mass is 10.1. The van der Waals surface area contributed by atoms with Crippen LogP contribution in [0.15, 0.2) is 24.5 Å². The smallest absolute Gasteiger partial charge is 0.407 e. The Bertz CT molecular complexity index is 480. The summed E-state index contributed by atoms with van der Waals surface area (Å²) < 4.78 is 5.35. The van der Waals surface area contributed by atoms with Crippen LogP contribution in [0.25, 0.3) is 0 Å². The number of hydrogen-bond donors (Lipinski definition) is 2. The molecule has 2 rings (SSSR count). The number of carbonyl (C=O) groups is 1. The highest BCUT2D eigenvalue weighted by Crippen LogP contribution is 2.32. The van der Waals surface area contributed by atoms with Crippen LogP contribution in [0.4, 0.5) is 4.79 Å². The Hall–Kier alpha value is -1.62. The third kappa shape index (κ3) is 5.64. The number of nitrogens with zero attached hydrogens (tertiary/aromatic N) is 1. The summed E-state index contributed by atoms with van der Waals surface area (Å²) in [6, 6.07) is 4.36. The zero-order valence-electron chi connectivity index (χ0n) is 13.9. The van der Waals surface area contributed by atoms with Crippen LogP contribution in [0.3, 0.4) is 0 Å². The minimum Gasteiger partial charge on any atom is -0.444 e. The monoisotopic (exact) mass is 305 g/mol. The van der Waals surface area contributed by atoms with Gasteiger partial charge in [-0.1, -0.05) is 0 Å². The fraction of sp³-hybridized carbons (Fsp3) is 0.647. The predicted octanol–water partition coefficient (Wildman–Crippen LogP) is 3.04. The molecule has 1 fully saturated rings. The number of alkyl carbamates (subject to hydrolysis) is 1. The highest BCUT2D eigenvalue weighted by Gasteiger charge is 2.33. The normalized spacial score (nSPS) is 17.6. The number of ether oxygens (including phenoxy) is 1. The van der Waals surface area contributed by atoms with Crippen LogP contribution in [0.5, 0.6) is 0 Å². The summed E-state index contributed by atoms with van der Waals surface area (Å²) in [5, 5.41) is 6.50. The van der Waals surface area contributed by atoms with Crippen molar-refractivity contribution in [3.8, 4) is 0 Å². The topological polar surface area (TPSA) is 63.2 Å². The molecule has 0 radical (unpaired) electrons. The number of amides is 1. The van der Waals surface area contributed by atoms with E-state index in [0.29, 0.717) is 5.92 Å². The molecule has 1 aromatic rings. The van der Waals surface area contributed by atoms with E-state index in [9.17, 15) is 4.79 Å². The minimum atomic E-state index is -0.462. The van der Waals surface area contributed by atoms with Gasteiger partial charge in [-0.15, -0.1) is 0 Å². The van der Waals surface area contributed by atoms with Gasteiger partial charge in [-0.05, 0) is 64.2 Å². The summed E-state index contributed by atoms with van der Waals surface area (Å²) >= 11 is 0. The molecule has 2 N–H and O–H groups in total. The maximum Gasteiger partial charge on any atom is 0.407 e. The molecular weight excluding hydrogens is 278 g/mol. The van der Waals surface area contributed by atoms with E-state index in [1.807, 2.05) is 32.9 Å². The summed E-state index contributed by atoms with van der Waals surface area (Å²) in [7, 11) is 0. The Kier molecular flexibility index (Phi) is 5.40. The fourth-order valence-corrected chi connectivity index (χ4v) is 2.37. The van der Waals surface area contributed by atoms with Crippen molar-refractivity contribution in [3.63, 3.8) is 0 Å². The van der Waals surface area contributed by atoms with Gasteiger partial charge in [0, 0.05) is 31.0 Å². The Labute approximate surface area is 132 Å². The van der Waals surface area contributed by atoms with Crippen molar-refractivity contribution in [2.24, 2.45) is 5.92 Å². The molecule has 1 heterocycles. The molecule has 122 valence electrons. The Morgan fingerprint density at radius 3 is 2.55 bits per heavy atom. The molecule has 0 aliphatic heterocycles. The van der Waals surface area contributed by atoms with Gasteiger partial charge in [-0.3, -0.25) is 4.98 Å². The first-order valence-corrected chi connectivity index (χ1v) is 7.98. The summed E-state index contributed by atoms with van der Waals surface area (Å²) in [6.07, 6.45) is 5.61. The third-order valence-corrected chi connectivity index (χ3v) is 3.74. The summed E-state index contributed by atoms with van der Waals surface area (Å²) in [5.74, 6) is 0.560. The van der Waals surface area contributed by atoms with Crippen molar-refractivity contribution in [2.45, 2.75) is 58.2 Å². The molecule has 2 atom stereocenters. The molecule has 1 aliphatic carbocycles. The maximum atomic E-state index is 11.9. The third-order valence-electron chi connectivity index (χ3n) is 3.74. The van der Waals surface area contributed by atoms with E-state index in [0.717, 1.165) is 6.54 Å². The first kappa shape index (κ1) is 16.7. The van der Waals surface area contributed by atoms with Crippen molar-refractivity contribution in [3.05, 3.63) is 30.1 Å². The number of hydrogen-bond acceptors (Lipinski definition) is 4.